The molecule has 4 heteroatoms. The first kappa shape index (κ1) is 16.9. The number of nitrogens with one attached hydrogen (secondary N) is 1. The van der Waals surface area contributed by atoms with E-state index < -0.39 is 0 Å². The lowest BCUT2D eigenvalue weighted by atomic mass is 9.86. The Labute approximate surface area is 136 Å². The molecule has 1 atom stereocenters. The zero-order chi connectivity index (χ0) is 16.1. The summed E-state index contributed by atoms with van der Waals surface area (Å²) in [5.74, 6) is -0.184. The van der Waals surface area contributed by atoms with Crippen LogP contribution < -0.4 is 5.48 Å². The largest absolute Gasteiger partial charge is 0.305 e. The molecule has 2 nitrogen and oxygen atoms in total. The monoisotopic (exact) mass is 321 g/mol. The molecule has 0 saturated heterocycles. The van der Waals surface area contributed by atoms with Gasteiger partial charge in [0, 0.05) is 23.0 Å². The van der Waals surface area contributed by atoms with Gasteiger partial charge in [-0.3, -0.25) is 0 Å². The minimum absolute atomic E-state index is 0.0792. The molecule has 2 rings (SSSR count). The minimum Gasteiger partial charge on any atom is -0.305 e. The first-order valence-corrected chi connectivity index (χ1v) is 7.67. The van der Waals surface area contributed by atoms with Gasteiger partial charge in [0.15, 0.2) is 0 Å². The first-order chi connectivity index (χ1) is 10.5. The van der Waals surface area contributed by atoms with Gasteiger partial charge in [0.1, 0.15) is 5.82 Å². The van der Waals surface area contributed by atoms with Crippen molar-refractivity contribution >= 4 is 11.6 Å². The zero-order valence-electron chi connectivity index (χ0n) is 13.1. The van der Waals surface area contributed by atoms with Gasteiger partial charge < -0.3 is 4.84 Å². The second kappa shape index (κ2) is 7.73. The second-order valence-corrected chi connectivity index (χ2v) is 5.87. The summed E-state index contributed by atoms with van der Waals surface area (Å²) in [6, 6.07) is 11.0. The third-order valence-electron chi connectivity index (χ3n) is 3.94. The smallest absolute Gasteiger partial charge is 0.127 e. The van der Waals surface area contributed by atoms with Crippen LogP contribution >= 0.6 is 11.6 Å². The Morgan fingerprint density at radius 1 is 1.14 bits per heavy atom. The quantitative estimate of drug-likeness (QED) is 0.787. The highest BCUT2D eigenvalue weighted by atomic mass is 35.5. The van der Waals surface area contributed by atoms with Crippen molar-refractivity contribution in [3.63, 3.8) is 0 Å². The fourth-order valence-electron chi connectivity index (χ4n) is 2.91. The summed E-state index contributed by atoms with van der Waals surface area (Å²) in [6.45, 7) is 4.74. The fraction of sp³-hybridized carbons (Fsp3) is 0.333. The van der Waals surface area contributed by atoms with Gasteiger partial charge >= 0.3 is 0 Å². The molecule has 0 aliphatic carbocycles. The highest BCUT2D eigenvalue weighted by Gasteiger charge is 2.20. The first-order valence-electron chi connectivity index (χ1n) is 7.29. The highest BCUT2D eigenvalue weighted by Crippen LogP contribution is 2.30. The molecule has 0 aliphatic heterocycles. The summed E-state index contributed by atoms with van der Waals surface area (Å²) in [5.41, 5.74) is 7.04. The molecule has 0 bridgehead atoms. The van der Waals surface area contributed by atoms with Crippen LogP contribution in [-0.2, 0) is 11.3 Å². The van der Waals surface area contributed by atoms with E-state index in [0.29, 0.717) is 23.6 Å². The Bertz CT molecular complexity index is 604. The molecular formula is C18H21ClFNO. The van der Waals surface area contributed by atoms with Crippen LogP contribution in [-0.4, -0.2) is 13.7 Å². The number of benzene rings is 2. The summed E-state index contributed by atoms with van der Waals surface area (Å²) in [6.07, 6.45) is 0.521. The predicted octanol–water partition coefficient (Wildman–Crippen LogP) is 4.57. The summed E-state index contributed by atoms with van der Waals surface area (Å²) in [7, 11) is 1.58. The summed E-state index contributed by atoms with van der Waals surface area (Å²) in [4.78, 5) is 4.99. The van der Waals surface area contributed by atoms with Crippen molar-refractivity contribution in [2.24, 2.45) is 0 Å². The van der Waals surface area contributed by atoms with Gasteiger partial charge in [0.25, 0.3) is 0 Å². The van der Waals surface area contributed by atoms with Crippen molar-refractivity contribution in [3.05, 3.63) is 69.5 Å². The van der Waals surface area contributed by atoms with Crippen LogP contribution in [0.3, 0.4) is 0 Å². The van der Waals surface area contributed by atoms with E-state index in [-0.39, 0.29) is 11.7 Å². The lowest BCUT2D eigenvalue weighted by Gasteiger charge is -2.22. The van der Waals surface area contributed by atoms with Crippen LogP contribution in [0.2, 0.25) is 5.02 Å². The average Bonchev–Trinajstić information content (AvgIpc) is 2.47. The molecule has 0 spiro atoms. The third-order valence-corrected chi connectivity index (χ3v) is 4.29. The molecule has 1 unspecified atom stereocenters. The van der Waals surface area contributed by atoms with Crippen LogP contribution in [0.15, 0.2) is 36.4 Å². The van der Waals surface area contributed by atoms with E-state index >= 15 is 0 Å². The molecule has 2 aromatic rings. The third kappa shape index (κ3) is 3.86. The van der Waals surface area contributed by atoms with Gasteiger partial charge in [0.05, 0.1) is 7.11 Å². The molecule has 118 valence electrons. The van der Waals surface area contributed by atoms with Crippen LogP contribution in [0.25, 0.3) is 0 Å². The summed E-state index contributed by atoms with van der Waals surface area (Å²) in [5, 5.41) is 0.466. The summed E-state index contributed by atoms with van der Waals surface area (Å²) >= 11 is 6.18. The van der Waals surface area contributed by atoms with E-state index in [2.05, 4.69) is 31.5 Å². The Morgan fingerprint density at radius 3 is 2.36 bits per heavy atom. The zero-order valence-corrected chi connectivity index (χ0v) is 13.9. The normalized spacial score (nSPS) is 12.4. The lowest BCUT2D eigenvalue weighted by molar-refractivity contribution is 0.0868. The van der Waals surface area contributed by atoms with Gasteiger partial charge in [-0.25, -0.2) is 9.87 Å². The van der Waals surface area contributed by atoms with Gasteiger partial charge in [0.2, 0.25) is 0 Å². The van der Waals surface area contributed by atoms with Crippen molar-refractivity contribution in [1.29, 1.82) is 0 Å². The molecule has 0 fully saturated rings. The van der Waals surface area contributed by atoms with E-state index in [1.807, 2.05) is 6.07 Å². The maximum absolute atomic E-state index is 14.1. The maximum Gasteiger partial charge on any atom is 0.127 e. The van der Waals surface area contributed by atoms with E-state index in [4.69, 9.17) is 16.4 Å². The van der Waals surface area contributed by atoms with Gasteiger partial charge in [-0.05, 0) is 49.1 Å². The number of halogens is 2. The van der Waals surface area contributed by atoms with Crippen LogP contribution in [0.4, 0.5) is 4.39 Å². The second-order valence-electron chi connectivity index (χ2n) is 5.46. The van der Waals surface area contributed by atoms with Gasteiger partial charge in [-0.15, -0.1) is 0 Å². The molecule has 0 heterocycles. The molecule has 2 aromatic carbocycles. The molecule has 22 heavy (non-hydrogen) atoms. The van der Waals surface area contributed by atoms with E-state index in [1.54, 1.807) is 19.2 Å². The Hall–Kier alpha value is -1.42. The molecule has 0 radical (unpaired) electrons. The Kier molecular flexibility index (Phi) is 5.95. The number of rotatable bonds is 6. The Morgan fingerprint density at radius 2 is 1.77 bits per heavy atom. The van der Waals surface area contributed by atoms with E-state index in [1.165, 1.54) is 22.8 Å². The highest BCUT2D eigenvalue weighted by molar-refractivity contribution is 6.31. The van der Waals surface area contributed by atoms with Gasteiger partial charge in [-0.1, -0.05) is 35.9 Å². The SMILES string of the molecule is CONCC(Cc1c(F)cccc1Cl)c1c(C)cccc1C. The molecule has 0 saturated carbocycles. The summed E-state index contributed by atoms with van der Waals surface area (Å²) < 4.78 is 14.1. The van der Waals surface area contributed by atoms with E-state index in [0.717, 1.165) is 0 Å². The van der Waals surface area contributed by atoms with E-state index in [9.17, 15) is 4.39 Å². The fourth-order valence-corrected chi connectivity index (χ4v) is 3.15. The number of aryl methyl sites for hydroxylation is 2. The molecule has 0 amide bonds. The van der Waals surface area contributed by atoms with Crippen LogP contribution in [0, 0.1) is 19.7 Å². The molecule has 0 aromatic heterocycles. The van der Waals surface area contributed by atoms with Gasteiger partial charge in [-0.2, -0.15) is 0 Å². The van der Waals surface area contributed by atoms with Crippen molar-refractivity contribution in [2.75, 3.05) is 13.7 Å². The van der Waals surface area contributed by atoms with Crippen LogP contribution in [0.5, 0.6) is 0 Å². The standard InChI is InChI=1S/C18H21ClFNO/c1-12-6-4-7-13(2)18(12)14(11-21-22-3)10-15-16(19)8-5-9-17(15)20/h4-9,14,21H,10-11H2,1-3H3. The van der Waals surface area contributed by atoms with Crippen molar-refractivity contribution in [3.8, 4) is 0 Å². The van der Waals surface area contributed by atoms with Crippen LogP contribution in [0.1, 0.15) is 28.2 Å². The lowest BCUT2D eigenvalue weighted by Crippen LogP contribution is -2.23. The minimum atomic E-state index is -0.263. The average molecular weight is 322 g/mol. The van der Waals surface area contributed by atoms with Crippen molar-refractivity contribution in [2.45, 2.75) is 26.2 Å². The van der Waals surface area contributed by atoms with Crippen molar-refractivity contribution in [1.82, 2.24) is 5.48 Å². The Balaban J connectivity index is 2.39. The van der Waals surface area contributed by atoms with Crippen molar-refractivity contribution < 1.29 is 9.23 Å². The molecular weight excluding hydrogens is 301 g/mol. The molecule has 0 aliphatic rings. The number of hydrogen-bond acceptors (Lipinski definition) is 2. The topological polar surface area (TPSA) is 21.3 Å². The maximum atomic E-state index is 14.1. The number of hydroxylamine groups is 1. The molecule has 1 N–H and O–H groups in total. The predicted molar refractivity (Wildman–Crippen MR) is 88.8 cm³/mol. The number of hydrogen-bond donors (Lipinski definition) is 1.